The summed E-state index contributed by atoms with van der Waals surface area (Å²) in [6.07, 6.45) is -7.39. The maximum atomic E-state index is 14.6. The number of carboxylic acids is 1. The largest absolute Gasteiger partial charge is 0.573 e. The number of aliphatic carboxylic acids is 1. The Kier molecular flexibility index (Phi) is 6.36. The highest BCUT2D eigenvalue weighted by Gasteiger charge is 2.37. The standard InChI is InChI=1S/C20H12F7NO5/c21-12-7-11(8-2-1-3-9(6-8)33-20(24,25)26)15(22)16(23)17(12)28(27)18(30)10-4-5-13(29)14(10)19(31)32/h1-3,6-7,13,29H,4-5H2,(H,31,32). The molecule has 33 heavy (non-hydrogen) atoms. The van der Waals surface area contributed by atoms with E-state index in [1.807, 2.05) is 0 Å². The van der Waals surface area contributed by atoms with E-state index in [9.17, 15) is 45.5 Å². The normalized spacial score (nSPS) is 16.2. The summed E-state index contributed by atoms with van der Waals surface area (Å²) in [6, 6.07) is 3.71. The molecule has 0 saturated carbocycles. The van der Waals surface area contributed by atoms with Crippen LogP contribution in [0.4, 0.5) is 36.5 Å². The summed E-state index contributed by atoms with van der Waals surface area (Å²) >= 11 is 0. The number of alkyl halides is 3. The van der Waals surface area contributed by atoms with E-state index in [4.69, 9.17) is 5.11 Å². The van der Waals surface area contributed by atoms with Crippen molar-refractivity contribution in [3.05, 3.63) is 58.9 Å². The van der Waals surface area contributed by atoms with Gasteiger partial charge in [0.15, 0.2) is 23.1 Å². The highest BCUT2D eigenvalue weighted by molar-refractivity contribution is 6.10. The molecule has 1 atom stereocenters. The number of anilines is 1. The van der Waals surface area contributed by atoms with Gasteiger partial charge in [0.25, 0.3) is 5.91 Å². The number of aliphatic hydroxyl groups is 1. The lowest BCUT2D eigenvalue weighted by Crippen LogP contribution is -2.27. The molecule has 0 spiro atoms. The molecule has 3 rings (SSSR count). The second kappa shape index (κ2) is 8.73. The molecular formula is C20H12F7NO5. The Hall–Kier alpha value is -3.61. The minimum atomic E-state index is -5.09. The lowest BCUT2D eigenvalue weighted by Gasteiger charge is -2.17. The van der Waals surface area contributed by atoms with E-state index in [-0.39, 0.29) is 12.5 Å². The zero-order valence-electron chi connectivity index (χ0n) is 16.1. The molecule has 1 unspecified atom stereocenters. The van der Waals surface area contributed by atoms with Gasteiger partial charge in [0, 0.05) is 11.1 Å². The zero-order valence-corrected chi connectivity index (χ0v) is 16.1. The Morgan fingerprint density at radius 2 is 1.76 bits per heavy atom. The highest BCUT2D eigenvalue weighted by Crippen LogP contribution is 2.37. The van der Waals surface area contributed by atoms with Crippen LogP contribution in [0.1, 0.15) is 12.8 Å². The minimum Gasteiger partial charge on any atom is -0.478 e. The summed E-state index contributed by atoms with van der Waals surface area (Å²) in [4.78, 5) is 23.5. The van der Waals surface area contributed by atoms with Crippen molar-refractivity contribution in [1.82, 2.24) is 0 Å². The number of carbonyl (C=O) groups is 2. The Bertz CT molecular complexity index is 1160. The summed E-state index contributed by atoms with van der Waals surface area (Å²) in [6.45, 7) is 0. The van der Waals surface area contributed by atoms with Crippen LogP contribution in [0, 0.1) is 17.5 Å². The van der Waals surface area contributed by atoms with Gasteiger partial charge in [-0.2, -0.15) is 0 Å². The van der Waals surface area contributed by atoms with Crippen molar-refractivity contribution in [3.8, 4) is 16.9 Å². The summed E-state index contributed by atoms with van der Waals surface area (Å²) in [7, 11) is 0. The Morgan fingerprint density at radius 3 is 2.36 bits per heavy atom. The first kappa shape index (κ1) is 24.0. The highest BCUT2D eigenvalue weighted by atomic mass is 19.4. The molecule has 2 N–H and O–H groups in total. The van der Waals surface area contributed by atoms with Gasteiger partial charge in [-0.05, 0) is 36.6 Å². The monoisotopic (exact) mass is 479 g/mol. The van der Waals surface area contributed by atoms with Gasteiger partial charge in [0.1, 0.15) is 5.75 Å². The van der Waals surface area contributed by atoms with E-state index in [0.717, 1.165) is 18.2 Å². The number of rotatable bonds is 5. The molecule has 0 bridgehead atoms. The average molecular weight is 479 g/mol. The maximum absolute atomic E-state index is 14.6. The van der Waals surface area contributed by atoms with E-state index >= 15 is 0 Å². The molecule has 176 valence electrons. The number of carboxylic acid groups (broad SMARTS) is 1. The molecule has 0 radical (unpaired) electrons. The first-order valence-corrected chi connectivity index (χ1v) is 9.00. The second-order valence-electron chi connectivity index (χ2n) is 6.80. The van der Waals surface area contributed by atoms with E-state index < -0.39 is 87.0 Å². The van der Waals surface area contributed by atoms with E-state index in [0.29, 0.717) is 6.07 Å². The van der Waals surface area contributed by atoms with Gasteiger partial charge >= 0.3 is 12.3 Å². The first-order valence-electron chi connectivity index (χ1n) is 9.00. The van der Waals surface area contributed by atoms with Crippen molar-refractivity contribution in [2.75, 3.05) is 5.12 Å². The molecular weight excluding hydrogens is 467 g/mol. The van der Waals surface area contributed by atoms with Crippen molar-refractivity contribution in [3.63, 3.8) is 0 Å². The number of carbonyl (C=O) groups excluding carboxylic acids is 1. The van der Waals surface area contributed by atoms with Crippen LogP contribution in [0.3, 0.4) is 0 Å². The number of aliphatic hydroxyl groups excluding tert-OH is 1. The van der Waals surface area contributed by atoms with Gasteiger partial charge in [0.05, 0.1) is 11.7 Å². The summed E-state index contributed by atoms with van der Waals surface area (Å²) in [5, 5.41) is 17.6. The lowest BCUT2D eigenvalue weighted by molar-refractivity contribution is -0.274. The fourth-order valence-electron chi connectivity index (χ4n) is 3.31. The zero-order chi connectivity index (χ0) is 24.7. The third-order valence-electron chi connectivity index (χ3n) is 4.70. The molecule has 1 amide bonds. The quantitative estimate of drug-likeness (QED) is 0.377. The van der Waals surface area contributed by atoms with Gasteiger partial charge in [0.2, 0.25) is 0 Å². The molecule has 1 aliphatic carbocycles. The number of amides is 1. The van der Waals surface area contributed by atoms with Gasteiger partial charge in [-0.1, -0.05) is 16.6 Å². The predicted molar refractivity (Wildman–Crippen MR) is 96.9 cm³/mol. The van der Waals surface area contributed by atoms with Crippen molar-refractivity contribution >= 4 is 17.6 Å². The number of hydrogen-bond acceptors (Lipinski definition) is 4. The third kappa shape index (κ3) is 4.77. The molecule has 0 heterocycles. The minimum absolute atomic E-state index is 0.246. The molecule has 6 nitrogen and oxygen atoms in total. The van der Waals surface area contributed by atoms with Crippen LogP contribution in [0.25, 0.3) is 11.1 Å². The van der Waals surface area contributed by atoms with E-state index in [2.05, 4.69) is 4.74 Å². The SMILES string of the molecule is O=C(O)C1=C(C(=O)N(F)c2c(F)cc(-c3cccc(OC(F)(F)F)c3)c(F)c2F)CCC1O. The molecule has 0 saturated heterocycles. The van der Waals surface area contributed by atoms with E-state index in [1.165, 1.54) is 0 Å². The second-order valence-corrected chi connectivity index (χ2v) is 6.80. The molecule has 1 aliphatic rings. The smallest absolute Gasteiger partial charge is 0.478 e. The molecule has 0 aromatic heterocycles. The fraction of sp³-hybridized carbons (Fsp3) is 0.200. The number of benzene rings is 2. The van der Waals surface area contributed by atoms with Gasteiger partial charge in [-0.3, -0.25) is 4.79 Å². The summed E-state index contributed by atoms with van der Waals surface area (Å²) in [5.41, 5.74) is -4.78. The average Bonchev–Trinajstić information content (AvgIpc) is 3.10. The van der Waals surface area contributed by atoms with Crippen molar-refractivity contribution < 1.29 is 55.4 Å². The topological polar surface area (TPSA) is 87.1 Å². The van der Waals surface area contributed by atoms with Crippen molar-refractivity contribution in [2.24, 2.45) is 0 Å². The number of ether oxygens (including phenoxy) is 1. The number of halogens is 7. The summed E-state index contributed by atoms with van der Waals surface area (Å²) < 4.78 is 99.1. The number of nitrogens with zero attached hydrogens (tertiary/aromatic N) is 1. The van der Waals surface area contributed by atoms with Crippen molar-refractivity contribution in [2.45, 2.75) is 25.3 Å². The summed E-state index contributed by atoms with van der Waals surface area (Å²) in [5.74, 6) is -10.3. The molecule has 13 heteroatoms. The fourth-order valence-corrected chi connectivity index (χ4v) is 3.31. The molecule has 2 aromatic carbocycles. The molecule has 0 aliphatic heterocycles. The molecule has 2 aromatic rings. The van der Waals surface area contributed by atoms with Gasteiger partial charge in [-0.15, -0.1) is 18.3 Å². The first-order chi connectivity index (χ1) is 15.3. The van der Waals surface area contributed by atoms with Gasteiger partial charge < -0.3 is 14.9 Å². The van der Waals surface area contributed by atoms with Crippen LogP contribution in [0.5, 0.6) is 5.75 Å². The van der Waals surface area contributed by atoms with E-state index in [1.54, 1.807) is 0 Å². The van der Waals surface area contributed by atoms with Crippen LogP contribution in [0.2, 0.25) is 0 Å². The van der Waals surface area contributed by atoms with Crippen LogP contribution in [-0.4, -0.2) is 34.6 Å². The predicted octanol–water partition coefficient (Wildman–Crippen LogP) is 4.42. The van der Waals surface area contributed by atoms with Gasteiger partial charge in [-0.25, -0.2) is 18.0 Å². The Morgan fingerprint density at radius 1 is 1.09 bits per heavy atom. The van der Waals surface area contributed by atoms with Crippen LogP contribution < -0.4 is 9.86 Å². The van der Waals surface area contributed by atoms with Crippen molar-refractivity contribution in [1.29, 1.82) is 0 Å². The molecule has 0 fully saturated rings. The van der Waals surface area contributed by atoms with Crippen LogP contribution in [-0.2, 0) is 9.59 Å². The Labute approximate surface area is 180 Å². The third-order valence-corrected chi connectivity index (χ3v) is 4.70. The van der Waals surface area contributed by atoms with Crippen LogP contribution >= 0.6 is 0 Å². The maximum Gasteiger partial charge on any atom is 0.573 e. The van der Waals surface area contributed by atoms with Crippen LogP contribution in [0.15, 0.2) is 41.5 Å². The number of hydrogen-bond donors (Lipinski definition) is 2. The lowest BCUT2D eigenvalue weighted by atomic mass is 10.0. The Balaban J connectivity index is 2.03.